The van der Waals surface area contributed by atoms with Gasteiger partial charge in [-0.25, -0.2) is 8.78 Å². The van der Waals surface area contributed by atoms with Gasteiger partial charge in [-0.15, -0.1) is 0 Å². The molecule has 0 saturated heterocycles. The van der Waals surface area contributed by atoms with Gasteiger partial charge in [-0.2, -0.15) is 22.0 Å². The molecule has 0 aromatic carbocycles. The molecule has 0 aromatic heterocycles. The van der Waals surface area contributed by atoms with Gasteiger partial charge >= 0.3 is 12.1 Å². The highest BCUT2D eigenvalue weighted by atomic mass is 19.4. The van der Waals surface area contributed by atoms with Gasteiger partial charge in [0.05, 0.1) is 12.0 Å². The summed E-state index contributed by atoms with van der Waals surface area (Å²) in [7, 11) is 0. The van der Waals surface area contributed by atoms with Crippen molar-refractivity contribution in [1.29, 1.82) is 0 Å². The lowest BCUT2D eigenvalue weighted by Crippen LogP contribution is -2.47. The zero-order valence-corrected chi connectivity index (χ0v) is 12.4. The monoisotopic (exact) mass is 326 g/mol. The van der Waals surface area contributed by atoms with Gasteiger partial charge in [0.15, 0.2) is 0 Å². The van der Waals surface area contributed by atoms with Crippen molar-refractivity contribution in [2.75, 3.05) is 0 Å². The summed E-state index contributed by atoms with van der Waals surface area (Å²) in [6.45, 7) is 4.85. The van der Waals surface area contributed by atoms with Crippen LogP contribution in [0.15, 0.2) is 0 Å². The average molecular weight is 326 g/mol. The first-order valence-electron chi connectivity index (χ1n) is 6.52. The Hall–Kier alpha value is -0.530. The van der Waals surface area contributed by atoms with Crippen LogP contribution in [0.3, 0.4) is 0 Å². The van der Waals surface area contributed by atoms with Gasteiger partial charge in [0.1, 0.15) is 0 Å². The molecule has 0 aliphatic rings. The molecular formula is C13H21F7O. The van der Waals surface area contributed by atoms with Gasteiger partial charge in [-0.3, -0.25) is 0 Å². The Morgan fingerprint density at radius 3 is 1.52 bits per heavy atom. The van der Waals surface area contributed by atoms with Crippen LogP contribution in [0, 0.1) is 5.41 Å². The maximum absolute atomic E-state index is 13.8. The van der Waals surface area contributed by atoms with E-state index in [1.54, 1.807) is 6.92 Å². The third-order valence-electron chi connectivity index (χ3n) is 3.90. The molecule has 0 spiro atoms. The van der Waals surface area contributed by atoms with E-state index in [-0.39, 0.29) is 19.3 Å². The number of hydrogen-bond acceptors (Lipinski definition) is 1. The topological polar surface area (TPSA) is 20.2 Å². The van der Waals surface area contributed by atoms with Crippen molar-refractivity contribution in [2.24, 2.45) is 5.41 Å². The zero-order valence-electron chi connectivity index (χ0n) is 12.4. The van der Waals surface area contributed by atoms with Gasteiger partial charge in [0.2, 0.25) is 0 Å². The van der Waals surface area contributed by atoms with E-state index < -0.39 is 35.5 Å². The maximum Gasteiger partial charge on any atom is 0.453 e. The summed E-state index contributed by atoms with van der Waals surface area (Å²) in [5.41, 5.74) is -3.36. The van der Waals surface area contributed by atoms with Crippen LogP contribution in [0.2, 0.25) is 0 Å². The molecule has 0 heterocycles. The third-order valence-corrected chi connectivity index (χ3v) is 3.90. The molecule has 0 aliphatic carbocycles. The van der Waals surface area contributed by atoms with Gasteiger partial charge in [-0.1, -0.05) is 20.8 Å². The minimum atomic E-state index is -6.01. The Kier molecular flexibility index (Phi) is 5.78. The quantitative estimate of drug-likeness (QED) is 0.639. The summed E-state index contributed by atoms with van der Waals surface area (Å²) >= 11 is 0. The van der Waals surface area contributed by atoms with Crippen LogP contribution in [-0.2, 0) is 0 Å². The smallest absolute Gasteiger partial charge is 0.390 e. The molecule has 128 valence electrons. The highest BCUT2D eigenvalue weighted by molar-refractivity contribution is 4.93. The molecule has 1 atom stereocenters. The lowest BCUT2D eigenvalue weighted by Gasteiger charge is -2.38. The second-order valence-electron chi connectivity index (χ2n) is 6.32. The molecular weight excluding hydrogens is 305 g/mol. The number of aliphatic hydroxyl groups is 1. The fourth-order valence-electron chi connectivity index (χ4n) is 1.56. The fourth-order valence-corrected chi connectivity index (χ4v) is 1.56. The molecule has 0 amide bonds. The Labute approximate surface area is 119 Å². The minimum Gasteiger partial charge on any atom is -0.390 e. The van der Waals surface area contributed by atoms with Crippen molar-refractivity contribution < 1.29 is 35.8 Å². The summed E-state index contributed by atoms with van der Waals surface area (Å²) in [5.74, 6) is -9.68. The zero-order chi connectivity index (χ0) is 17.3. The maximum atomic E-state index is 13.8. The summed E-state index contributed by atoms with van der Waals surface area (Å²) < 4.78 is 89.6. The van der Waals surface area contributed by atoms with E-state index in [1.165, 1.54) is 6.92 Å². The van der Waals surface area contributed by atoms with E-state index in [2.05, 4.69) is 0 Å². The third kappa shape index (κ3) is 5.30. The minimum absolute atomic E-state index is 0.121. The predicted octanol–water partition coefficient (Wildman–Crippen LogP) is 5.18. The Bertz CT molecular complexity index is 345. The summed E-state index contributed by atoms with van der Waals surface area (Å²) in [6.07, 6.45) is -8.85. The van der Waals surface area contributed by atoms with Crippen LogP contribution in [-0.4, -0.2) is 28.7 Å². The summed E-state index contributed by atoms with van der Waals surface area (Å²) in [6, 6.07) is 0. The molecule has 8 heteroatoms. The van der Waals surface area contributed by atoms with E-state index in [0.717, 1.165) is 13.8 Å². The molecule has 0 saturated carbocycles. The molecule has 0 fully saturated rings. The van der Waals surface area contributed by atoms with Crippen LogP contribution < -0.4 is 0 Å². The van der Waals surface area contributed by atoms with Crippen molar-refractivity contribution in [2.45, 2.75) is 77.0 Å². The highest BCUT2D eigenvalue weighted by Gasteiger charge is 2.64. The van der Waals surface area contributed by atoms with Crippen LogP contribution in [0.4, 0.5) is 30.7 Å². The number of alkyl halides is 7. The van der Waals surface area contributed by atoms with E-state index in [1.807, 2.05) is 0 Å². The largest absolute Gasteiger partial charge is 0.453 e. The highest BCUT2D eigenvalue weighted by Crippen LogP contribution is 2.50. The Balaban J connectivity index is 5.04. The SMILES string of the molecule is CCC(C)(O)CCC(C)(C)C(F)(F)CC(F)(F)C(F)(F)F. The average Bonchev–Trinajstić information content (AvgIpc) is 2.23. The molecule has 0 rings (SSSR count). The molecule has 0 aliphatic heterocycles. The second kappa shape index (κ2) is 5.93. The van der Waals surface area contributed by atoms with Crippen LogP contribution in [0.25, 0.3) is 0 Å². The van der Waals surface area contributed by atoms with Crippen molar-refractivity contribution in [3.8, 4) is 0 Å². The lowest BCUT2D eigenvalue weighted by atomic mass is 9.76. The molecule has 1 nitrogen and oxygen atoms in total. The van der Waals surface area contributed by atoms with Crippen LogP contribution >= 0.6 is 0 Å². The van der Waals surface area contributed by atoms with Crippen LogP contribution in [0.1, 0.15) is 53.4 Å². The van der Waals surface area contributed by atoms with Gasteiger partial charge in [0.25, 0.3) is 5.92 Å². The van der Waals surface area contributed by atoms with Crippen molar-refractivity contribution in [1.82, 2.24) is 0 Å². The van der Waals surface area contributed by atoms with Crippen molar-refractivity contribution in [3.63, 3.8) is 0 Å². The summed E-state index contributed by atoms with van der Waals surface area (Å²) in [5, 5.41) is 9.74. The van der Waals surface area contributed by atoms with Crippen molar-refractivity contribution in [3.05, 3.63) is 0 Å². The van der Waals surface area contributed by atoms with E-state index in [9.17, 15) is 35.8 Å². The van der Waals surface area contributed by atoms with Gasteiger partial charge in [-0.05, 0) is 26.2 Å². The van der Waals surface area contributed by atoms with E-state index >= 15 is 0 Å². The van der Waals surface area contributed by atoms with E-state index in [0.29, 0.717) is 0 Å². The Morgan fingerprint density at radius 1 is 0.762 bits per heavy atom. The van der Waals surface area contributed by atoms with Gasteiger partial charge < -0.3 is 5.11 Å². The first-order chi connectivity index (χ1) is 8.97. The summed E-state index contributed by atoms with van der Waals surface area (Å²) in [4.78, 5) is 0. The molecule has 0 bridgehead atoms. The molecule has 1 N–H and O–H groups in total. The van der Waals surface area contributed by atoms with Gasteiger partial charge in [0, 0.05) is 5.41 Å². The Morgan fingerprint density at radius 2 is 1.19 bits per heavy atom. The molecule has 0 aromatic rings. The lowest BCUT2D eigenvalue weighted by molar-refractivity contribution is -0.309. The molecule has 1 unspecified atom stereocenters. The predicted molar refractivity (Wildman–Crippen MR) is 64.5 cm³/mol. The standard InChI is InChI=1S/C13H21F7O/c1-5-10(4,21)7-6-9(2,3)11(14,15)8-12(16,17)13(18,19)20/h21H,5-8H2,1-4H3. The van der Waals surface area contributed by atoms with Crippen molar-refractivity contribution >= 4 is 0 Å². The first-order valence-corrected chi connectivity index (χ1v) is 6.52. The first kappa shape index (κ1) is 20.5. The normalized spacial score (nSPS) is 17.7. The van der Waals surface area contributed by atoms with E-state index in [4.69, 9.17) is 0 Å². The fraction of sp³-hybridized carbons (Fsp3) is 1.00. The number of halogens is 7. The number of hydrogen-bond donors (Lipinski definition) is 1. The molecule has 0 radical (unpaired) electrons. The molecule has 21 heavy (non-hydrogen) atoms. The van der Waals surface area contributed by atoms with Crippen LogP contribution in [0.5, 0.6) is 0 Å². The second-order valence-corrected chi connectivity index (χ2v) is 6.32. The number of rotatable bonds is 7.